The second-order valence-corrected chi connectivity index (χ2v) is 7.12. The zero-order valence-corrected chi connectivity index (χ0v) is 13.0. The lowest BCUT2D eigenvalue weighted by Crippen LogP contribution is -2.45. The molecule has 2 rings (SSSR count). The molecular weight excluding hydrogens is 276 g/mol. The zero-order chi connectivity index (χ0) is 14.8. The van der Waals surface area contributed by atoms with E-state index in [2.05, 4.69) is 9.62 Å². The Balaban J connectivity index is 2.01. The van der Waals surface area contributed by atoms with E-state index < -0.39 is 10.0 Å². The molecule has 1 aromatic carbocycles. The van der Waals surface area contributed by atoms with Gasteiger partial charge in [0.2, 0.25) is 10.0 Å². The molecule has 1 unspecified atom stereocenters. The fourth-order valence-electron chi connectivity index (χ4n) is 2.16. The van der Waals surface area contributed by atoms with Crippen molar-refractivity contribution in [3.63, 3.8) is 0 Å². The van der Waals surface area contributed by atoms with E-state index in [1.165, 1.54) is 0 Å². The minimum absolute atomic E-state index is 0.0879. The summed E-state index contributed by atoms with van der Waals surface area (Å²) in [6, 6.07) is 5.17. The highest BCUT2D eigenvalue weighted by Gasteiger charge is 2.21. The molecule has 1 atom stereocenters. The number of ether oxygens (including phenoxy) is 1. The molecule has 0 saturated carbocycles. The van der Waals surface area contributed by atoms with E-state index in [1.807, 2.05) is 27.0 Å². The molecule has 0 bridgehead atoms. The largest absolute Gasteiger partial charge is 0.374 e. The van der Waals surface area contributed by atoms with Crippen molar-refractivity contribution >= 4 is 10.0 Å². The van der Waals surface area contributed by atoms with Gasteiger partial charge in [-0.2, -0.15) is 0 Å². The molecule has 1 fully saturated rings. The molecule has 5 nitrogen and oxygen atoms in total. The summed E-state index contributed by atoms with van der Waals surface area (Å²) in [6.45, 7) is 6.46. The number of likely N-dealkylation sites (N-methyl/N-ethyl adjacent to an activating group) is 1. The van der Waals surface area contributed by atoms with Crippen LogP contribution >= 0.6 is 0 Å². The maximum Gasteiger partial charge on any atom is 0.240 e. The van der Waals surface area contributed by atoms with Crippen molar-refractivity contribution in [2.75, 3.05) is 33.3 Å². The van der Waals surface area contributed by atoms with E-state index in [1.54, 1.807) is 12.1 Å². The average Bonchev–Trinajstić information content (AvgIpc) is 2.40. The molecule has 1 aliphatic heterocycles. The SMILES string of the molecule is Cc1ccc(S(=O)(=O)NCC2CN(C)CCO2)cc1C. The Bertz CT molecular complexity index is 572. The van der Waals surface area contributed by atoms with Gasteiger partial charge in [0.1, 0.15) is 0 Å². The summed E-state index contributed by atoms with van der Waals surface area (Å²) in [7, 11) is -1.46. The van der Waals surface area contributed by atoms with Crippen LogP contribution in [0.25, 0.3) is 0 Å². The lowest BCUT2D eigenvalue weighted by Gasteiger charge is -2.30. The molecule has 6 heteroatoms. The third-order valence-electron chi connectivity index (χ3n) is 3.63. The van der Waals surface area contributed by atoms with Crippen LogP contribution in [0.15, 0.2) is 23.1 Å². The molecule has 0 amide bonds. The fourth-order valence-corrected chi connectivity index (χ4v) is 3.31. The number of morpholine rings is 1. The lowest BCUT2D eigenvalue weighted by molar-refractivity contribution is -0.0156. The Morgan fingerprint density at radius 3 is 2.75 bits per heavy atom. The molecule has 1 heterocycles. The van der Waals surface area contributed by atoms with Crippen molar-refractivity contribution in [3.8, 4) is 0 Å². The van der Waals surface area contributed by atoms with E-state index in [0.29, 0.717) is 18.0 Å². The van der Waals surface area contributed by atoms with E-state index >= 15 is 0 Å². The fraction of sp³-hybridized carbons (Fsp3) is 0.571. The van der Waals surface area contributed by atoms with Gasteiger partial charge < -0.3 is 9.64 Å². The van der Waals surface area contributed by atoms with Crippen molar-refractivity contribution in [1.29, 1.82) is 0 Å². The number of nitrogens with zero attached hydrogens (tertiary/aromatic N) is 1. The van der Waals surface area contributed by atoms with Gasteiger partial charge in [-0.3, -0.25) is 0 Å². The smallest absolute Gasteiger partial charge is 0.240 e. The highest BCUT2D eigenvalue weighted by molar-refractivity contribution is 7.89. The molecular formula is C14H22N2O3S. The predicted octanol–water partition coefficient (Wildman–Crippen LogP) is 0.912. The molecule has 0 spiro atoms. The number of nitrogens with one attached hydrogen (secondary N) is 1. The minimum atomic E-state index is -3.46. The molecule has 112 valence electrons. The van der Waals surface area contributed by atoms with Gasteiger partial charge in [0, 0.05) is 19.6 Å². The topological polar surface area (TPSA) is 58.6 Å². The number of hydrogen-bond acceptors (Lipinski definition) is 4. The number of sulfonamides is 1. The van der Waals surface area contributed by atoms with Crippen molar-refractivity contribution in [1.82, 2.24) is 9.62 Å². The summed E-state index contributed by atoms with van der Waals surface area (Å²) < 4.78 is 32.7. The lowest BCUT2D eigenvalue weighted by atomic mass is 10.1. The van der Waals surface area contributed by atoms with Crippen LogP contribution < -0.4 is 4.72 Å². The Morgan fingerprint density at radius 2 is 2.10 bits per heavy atom. The Hall–Kier alpha value is -0.950. The van der Waals surface area contributed by atoms with Crippen molar-refractivity contribution in [3.05, 3.63) is 29.3 Å². The quantitative estimate of drug-likeness (QED) is 0.898. The van der Waals surface area contributed by atoms with Crippen molar-refractivity contribution in [2.45, 2.75) is 24.8 Å². The first kappa shape index (κ1) is 15.4. The van der Waals surface area contributed by atoms with Gasteiger partial charge in [0.05, 0.1) is 17.6 Å². The predicted molar refractivity (Wildman–Crippen MR) is 78.3 cm³/mol. The second-order valence-electron chi connectivity index (χ2n) is 5.35. The highest BCUT2D eigenvalue weighted by Crippen LogP contribution is 2.14. The summed E-state index contributed by atoms with van der Waals surface area (Å²) in [5.74, 6) is 0. The number of aryl methyl sites for hydroxylation is 2. The van der Waals surface area contributed by atoms with E-state index in [4.69, 9.17) is 4.74 Å². The van der Waals surface area contributed by atoms with Crippen molar-refractivity contribution < 1.29 is 13.2 Å². The highest BCUT2D eigenvalue weighted by atomic mass is 32.2. The number of rotatable bonds is 4. The van der Waals surface area contributed by atoms with Crippen LogP contribution in [0.3, 0.4) is 0 Å². The van der Waals surface area contributed by atoms with Gasteiger partial charge in [-0.1, -0.05) is 6.07 Å². The minimum Gasteiger partial charge on any atom is -0.374 e. The van der Waals surface area contributed by atoms with Gasteiger partial charge in [0.25, 0.3) is 0 Å². The number of hydrogen-bond donors (Lipinski definition) is 1. The van der Waals surface area contributed by atoms with Crippen LogP contribution in [0, 0.1) is 13.8 Å². The zero-order valence-electron chi connectivity index (χ0n) is 12.2. The Morgan fingerprint density at radius 1 is 1.35 bits per heavy atom. The third kappa shape index (κ3) is 3.79. The maximum atomic E-state index is 12.2. The molecule has 1 aromatic rings. The Labute approximate surface area is 121 Å². The number of benzene rings is 1. The monoisotopic (exact) mass is 298 g/mol. The van der Waals surface area contributed by atoms with Gasteiger partial charge in [-0.05, 0) is 44.2 Å². The van der Waals surface area contributed by atoms with E-state index in [0.717, 1.165) is 24.2 Å². The van der Waals surface area contributed by atoms with Gasteiger partial charge in [-0.15, -0.1) is 0 Å². The van der Waals surface area contributed by atoms with E-state index in [-0.39, 0.29) is 6.10 Å². The normalized spacial score (nSPS) is 21.1. The summed E-state index contributed by atoms with van der Waals surface area (Å²) >= 11 is 0. The molecule has 1 saturated heterocycles. The molecule has 1 aliphatic rings. The van der Waals surface area contributed by atoms with Crippen LogP contribution in [0.4, 0.5) is 0 Å². The van der Waals surface area contributed by atoms with E-state index in [9.17, 15) is 8.42 Å². The molecule has 0 aromatic heterocycles. The van der Waals surface area contributed by atoms with Gasteiger partial charge >= 0.3 is 0 Å². The van der Waals surface area contributed by atoms with Crippen LogP contribution in [0.5, 0.6) is 0 Å². The third-order valence-corrected chi connectivity index (χ3v) is 5.05. The second kappa shape index (κ2) is 6.22. The van der Waals surface area contributed by atoms with Crippen LogP contribution in [-0.2, 0) is 14.8 Å². The van der Waals surface area contributed by atoms with Crippen LogP contribution in [0.2, 0.25) is 0 Å². The summed E-state index contributed by atoms with van der Waals surface area (Å²) in [4.78, 5) is 2.45. The summed E-state index contributed by atoms with van der Waals surface area (Å²) in [5, 5.41) is 0. The molecule has 0 aliphatic carbocycles. The first-order valence-corrected chi connectivity index (χ1v) is 8.24. The van der Waals surface area contributed by atoms with Crippen LogP contribution in [0.1, 0.15) is 11.1 Å². The molecule has 1 N–H and O–H groups in total. The molecule has 20 heavy (non-hydrogen) atoms. The van der Waals surface area contributed by atoms with Gasteiger partial charge in [-0.25, -0.2) is 13.1 Å². The Kier molecular flexibility index (Phi) is 4.80. The standard InChI is InChI=1S/C14H22N2O3S/c1-11-4-5-14(8-12(11)2)20(17,18)15-9-13-10-16(3)6-7-19-13/h4-5,8,13,15H,6-7,9-10H2,1-3H3. The first-order chi connectivity index (χ1) is 9.38. The van der Waals surface area contributed by atoms with Crippen LogP contribution in [-0.4, -0.2) is 52.7 Å². The maximum absolute atomic E-state index is 12.2. The summed E-state index contributed by atoms with van der Waals surface area (Å²) in [5.41, 5.74) is 2.06. The first-order valence-electron chi connectivity index (χ1n) is 6.75. The summed E-state index contributed by atoms with van der Waals surface area (Å²) in [6.07, 6.45) is -0.0879. The average molecular weight is 298 g/mol. The van der Waals surface area contributed by atoms with Crippen molar-refractivity contribution in [2.24, 2.45) is 0 Å². The molecule has 0 radical (unpaired) electrons. The van der Waals surface area contributed by atoms with Gasteiger partial charge in [0.15, 0.2) is 0 Å².